The summed E-state index contributed by atoms with van der Waals surface area (Å²) >= 11 is 0. The number of hydrogen-bond donors (Lipinski definition) is 3. The SMILES string of the molecule is CCOc1nc(=O)ccn1C1OC(CO)C(O)C1(C)O. The van der Waals surface area contributed by atoms with Crippen LogP contribution in [0.5, 0.6) is 6.01 Å². The number of ether oxygens (including phenoxy) is 2. The Morgan fingerprint density at radius 2 is 2.30 bits per heavy atom. The van der Waals surface area contributed by atoms with Gasteiger partial charge in [0.15, 0.2) is 6.23 Å². The predicted molar refractivity (Wildman–Crippen MR) is 67.3 cm³/mol. The number of aliphatic hydroxyl groups is 3. The minimum Gasteiger partial charge on any atom is -0.465 e. The number of aromatic nitrogens is 2. The van der Waals surface area contributed by atoms with E-state index in [9.17, 15) is 15.0 Å². The van der Waals surface area contributed by atoms with Crippen molar-refractivity contribution in [2.75, 3.05) is 13.2 Å². The van der Waals surface area contributed by atoms with Gasteiger partial charge >= 0.3 is 6.01 Å². The van der Waals surface area contributed by atoms with Crippen LogP contribution >= 0.6 is 0 Å². The van der Waals surface area contributed by atoms with Crippen LogP contribution in [0.2, 0.25) is 0 Å². The van der Waals surface area contributed by atoms with E-state index < -0.39 is 36.2 Å². The Kier molecular flexibility index (Phi) is 4.09. The molecule has 0 bridgehead atoms. The van der Waals surface area contributed by atoms with E-state index in [-0.39, 0.29) is 12.6 Å². The molecule has 0 amide bonds. The summed E-state index contributed by atoms with van der Waals surface area (Å²) in [5.41, 5.74) is -2.14. The summed E-state index contributed by atoms with van der Waals surface area (Å²) in [5, 5.41) is 29.5. The van der Waals surface area contributed by atoms with Crippen LogP contribution in [0.25, 0.3) is 0 Å². The molecule has 0 spiro atoms. The first-order valence-electron chi connectivity index (χ1n) is 6.30. The molecule has 2 heterocycles. The van der Waals surface area contributed by atoms with Crippen molar-refractivity contribution in [3.8, 4) is 6.01 Å². The highest BCUT2D eigenvalue weighted by atomic mass is 16.6. The fraction of sp³-hybridized carbons (Fsp3) is 0.667. The summed E-state index contributed by atoms with van der Waals surface area (Å²) in [6, 6.07) is 1.18. The van der Waals surface area contributed by atoms with E-state index in [1.807, 2.05) is 0 Å². The summed E-state index contributed by atoms with van der Waals surface area (Å²) < 4.78 is 12.0. The van der Waals surface area contributed by atoms with Crippen molar-refractivity contribution in [3.05, 3.63) is 22.6 Å². The van der Waals surface area contributed by atoms with E-state index in [1.54, 1.807) is 6.92 Å². The van der Waals surface area contributed by atoms with Gasteiger partial charge in [-0.25, -0.2) is 0 Å². The molecule has 1 fully saturated rings. The van der Waals surface area contributed by atoms with Gasteiger partial charge in [0.1, 0.15) is 17.8 Å². The zero-order chi connectivity index (χ0) is 14.9. The van der Waals surface area contributed by atoms with E-state index in [1.165, 1.54) is 23.8 Å². The highest BCUT2D eigenvalue weighted by Crippen LogP contribution is 2.39. The Morgan fingerprint density at radius 3 is 2.85 bits per heavy atom. The van der Waals surface area contributed by atoms with Gasteiger partial charge in [-0.05, 0) is 13.8 Å². The maximum atomic E-state index is 11.3. The van der Waals surface area contributed by atoms with E-state index in [0.29, 0.717) is 0 Å². The third-order valence-corrected chi connectivity index (χ3v) is 3.27. The van der Waals surface area contributed by atoms with Crippen molar-refractivity contribution >= 4 is 0 Å². The average molecular weight is 286 g/mol. The van der Waals surface area contributed by atoms with Crippen molar-refractivity contribution in [2.45, 2.75) is 37.9 Å². The van der Waals surface area contributed by atoms with Gasteiger partial charge in [0.2, 0.25) is 0 Å². The Morgan fingerprint density at radius 1 is 1.60 bits per heavy atom. The van der Waals surface area contributed by atoms with Gasteiger partial charge in [-0.3, -0.25) is 9.36 Å². The minimum absolute atomic E-state index is 0.0175. The van der Waals surface area contributed by atoms with Crippen molar-refractivity contribution in [2.24, 2.45) is 0 Å². The van der Waals surface area contributed by atoms with Gasteiger partial charge in [0, 0.05) is 12.3 Å². The normalized spacial score (nSPS) is 33.4. The van der Waals surface area contributed by atoms with E-state index in [4.69, 9.17) is 14.6 Å². The third kappa shape index (κ3) is 2.42. The molecule has 8 nitrogen and oxygen atoms in total. The quantitative estimate of drug-likeness (QED) is 0.626. The molecule has 1 saturated heterocycles. The Hall–Kier alpha value is -1.48. The van der Waals surface area contributed by atoms with Gasteiger partial charge < -0.3 is 24.8 Å². The van der Waals surface area contributed by atoms with Gasteiger partial charge in [0.25, 0.3) is 5.56 Å². The van der Waals surface area contributed by atoms with E-state index in [2.05, 4.69) is 4.98 Å². The second-order valence-corrected chi connectivity index (χ2v) is 4.77. The van der Waals surface area contributed by atoms with Crippen LogP contribution in [0.3, 0.4) is 0 Å². The van der Waals surface area contributed by atoms with Gasteiger partial charge in [0.05, 0.1) is 13.2 Å². The molecule has 1 aliphatic rings. The fourth-order valence-electron chi connectivity index (χ4n) is 2.20. The average Bonchev–Trinajstić information content (AvgIpc) is 2.62. The molecular formula is C12H18N2O6. The first-order valence-corrected chi connectivity index (χ1v) is 6.30. The highest BCUT2D eigenvalue weighted by molar-refractivity contribution is 5.07. The van der Waals surface area contributed by atoms with Crippen LogP contribution in [0.4, 0.5) is 0 Å². The lowest BCUT2D eigenvalue weighted by molar-refractivity contribution is -0.100. The van der Waals surface area contributed by atoms with Crippen molar-refractivity contribution < 1.29 is 24.8 Å². The summed E-state index contributed by atoms with van der Waals surface area (Å²) in [4.78, 5) is 15.0. The summed E-state index contributed by atoms with van der Waals surface area (Å²) in [7, 11) is 0. The number of rotatable bonds is 4. The molecule has 1 aliphatic heterocycles. The first-order chi connectivity index (χ1) is 9.41. The lowest BCUT2D eigenvalue weighted by Crippen LogP contribution is -2.44. The zero-order valence-corrected chi connectivity index (χ0v) is 11.3. The summed E-state index contributed by atoms with van der Waals surface area (Å²) in [5.74, 6) is 0. The molecular weight excluding hydrogens is 268 g/mol. The smallest absolute Gasteiger partial charge is 0.301 e. The highest BCUT2D eigenvalue weighted by Gasteiger charge is 2.53. The molecule has 8 heteroatoms. The molecule has 4 unspecified atom stereocenters. The van der Waals surface area contributed by atoms with Crippen LogP contribution in [-0.2, 0) is 4.74 Å². The zero-order valence-electron chi connectivity index (χ0n) is 11.3. The molecule has 1 aromatic heterocycles. The maximum Gasteiger partial charge on any atom is 0.301 e. The molecule has 1 aromatic rings. The molecule has 112 valence electrons. The molecule has 4 atom stereocenters. The van der Waals surface area contributed by atoms with E-state index in [0.717, 1.165) is 0 Å². The maximum absolute atomic E-state index is 11.3. The standard InChI is InChI=1S/C12H18N2O6/c1-3-19-11-13-8(16)4-5-14(11)10-12(2,18)9(17)7(6-15)20-10/h4-5,7,9-10,15,17-18H,3,6H2,1-2H3. The van der Waals surface area contributed by atoms with Crippen molar-refractivity contribution in [1.82, 2.24) is 9.55 Å². The van der Waals surface area contributed by atoms with Crippen LogP contribution in [0, 0.1) is 0 Å². The molecule has 2 rings (SSSR count). The number of hydrogen-bond acceptors (Lipinski definition) is 7. The second-order valence-electron chi connectivity index (χ2n) is 4.77. The van der Waals surface area contributed by atoms with Gasteiger partial charge in [-0.2, -0.15) is 4.98 Å². The number of nitrogens with zero attached hydrogens (tertiary/aromatic N) is 2. The largest absolute Gasteiger partial charge is 0.465 e. The van der Waals surface area contributed by atoms with Crippen molar-refractivity contribution in [1.29, 1.82) is 0 Å². The topological polar surface area (TPSA) is 114 Å². The van der Waals surface area contributed by atoms with Crippen LogP contribution < -0.4 is 10.3 Å². The summed E-state index contributed by atoms with van der Waals surface area (Å²) in [6.07, 6.45) is -1.86. The lowest BCUT2D eigenvalue weighted by Gasteiger charge is -2.28. The van der Waals surface area contributed by atoms with Gasteiger partial charge in [-0.15, -0.1) is 0 Å². The number of aliphatic hydroxyl groups excluding tert-OH is 2. The Bertz CT molecular complexity index is 529. The molecule has 0 saturated carbocycles. The monoisotopic (exact) mass is 286 g/mol. The van der Waals surface area contributed by atoms with Crippen LogP contribution in [-0.4, -0.2) is 55.9 Å². The minimum atomic E-state index is -1.66. The second kappa shape index (κ2) is 5.49. The van der Waals surface area contributed by atoms with Gasteiger partial charge in [-0.1, -0.05) is 0 Å². The molecule has 20 heavy (non-hydrogen) atoms. The molecule has 3 N–H and O–H groups in total. The Balaban J connectivity index is 2.43. The molecule has 0 aliphatic carbocycles. The van der Waals surface area contributed by atoms with Crippen LogP contribution in [0.15, 0.2) is 17.1 Å². The lowest BCUT2D eigenvalue weighted by atomic mass is 9.96. The van der Waals surface area contributed by atoms with E-state index >= 15 is 0 Å². The Labute approximate surface area is 115 Å². The van der Waals surface area contributed by atoms with Crippen LogP contribution in [0.1, 0.15) is 20.1 Å². The molecule has 0 aromatic carbocycles. The predicted octanol–water partition coefficient (Wildman–Crippen LogP) is -1.36. The summed E-state index contributed by atoms with van der Waals surface area (Å²) in [6.45, 7) is 2.94. The van der Waals surface area contributed by atoms with Crippen molar-refractivity contribution in [3.63, 3.8) is 0 Å². The first kappa shape index (κ1) is 14.9. The molecule has 0 radical (unpaired) electrons. The third-order valence-electron chi connectivity index (χ3n) is 3.27. The fourth-order valence-corrected chi connectivity index (χ4v) is 2.20.